The van der Waals surface area contributed by atoms with E-state index in [0.29, 0.717) is 6.42 Å². The number of rotatable bonds is 2. The van der Waals surface area contributed by atoms with E-state index in [2.05, 4.69) is 0 Å². The van der Waals surface area contributed by atoms with Crippen LogP contribution in [0.2, 0.25) is 0 Å². The van der Waals surface area contributed by atoms with Crippen LogP contribution in [0.3, 0.4) is 0 Å². The zero-order chi connectivity index (χ0) is 9.14. The van der Waals surface area contributed by atoms with Crippen LogP contribution in [-0.2, 0) is 4.74 Å². The van der Waals surface area contributed by atoms with Crippen LogP contribution in [0.1, 0.15) is 33.6 Å². The summed E-state index contributed by atoms with van der Waals surface area (Å²) in [6.45, 7) is 5.92. The van der Waals surface area contributed by atoms with Crippen molar-refractivity contribution in [3.8, 4) is 0 Å². The second-order valence-electron chi connectivity index (χ2n) is 3.77. The van der Waals surface area contributed by atoms with E-state index in [-0.39, 0.29) is 12.0 Å². The van der Waals surface area contributed by atoms with Gasteiger partial charge in [0.1, 0.15) is 6.17 Å². The summed E-state index contributed by atoms with van der Waals surface area (Å²) in [7, 11) is 0. The minimum atomic E-state index is -0.676. The second-order valence-corrected chi connectivity index (χ2v) is 3.77. The van der Waals surface area contributed by atoms with Gasteiger partial charge in [-0.2, -0.15) is 0 Å². The first-order chi connectivity index (χ1) is 5.59. The zero-order valence-corrected chi connectivity index (χ0v) is 8.01. The van der Waals surface area contributed by atoms with Gasteiger partial charge in [0.15, 0.2) is 0 Å². The molecule has 2 atom stereocenters. The molecule has 1 nitrogen and oxygen atoms in total. The highest BCUT2D eigenvalue weighted by molar-refractivity contribution is 5.02. The molecule has 0 heterocycles. The van der Waals surface area contributed by atoms with Gasteiger partial charge >= 0.3 is 0 Å². The van der Waals surface area contributed by atoms with Gasteiger partial charge in [0.2, 0.25) is 0 Å². The van der Waals surface area contributed by atoms with Crippen LogP contribution in [0.15, 0.2) is 11.8 Å². The number of allylic oxidation sites excluding steroid dienone is 2. The summed E-state index contributed by atoms with van der Waals surface area (Å²) >= 11 is 0. The molecule has 0 fully saturated rings. The molecule has 0 aromatic heterocycles. The van der Waals surface area contributed by atoms with Gasteiger partial charge in [-0.3, -0.25) is 0 Å². The Morgan fingerprint density at radius 2 is 2.25 bits per heavy atom. The van der Waals surface area contributed by atoms with Crippen LogP contribution in [0.5, 0.6) is 0 Å². The summed E-state index contributed by atoms with van der Waals surface area (Å²) in [5.74, 6) is 1.08. The van der Waals surface area contributed by atoms with Crippen molar-refractivity contribution in [2.75, 3.05) is 0 Å². The van der Waals surface area contributed by atoms with Crippen molar-refractivity contribution in [1.29, 1.82) is 0 Å². The second kappa shape index (κ2) is 3.92. The molecule has 0 saturated heterocycles. The summed E-state index contributed by atoms with van der Waals surface area (Å²) in [6, 6.07) is 0. The maximum Gasteiger partial charge on any atom is 0.107 e. The predicted molar refractivity (Wildman–Crippen MR) is 47.6 cm³/mol. The Hall–Kier alpha value is -0.530. The third kappa shape index (κ3) is 2.50. The first-order valence-corrected chi connectivity index (χ1v) is 4.59. The van der Waals surface area contributed by atoms with Crippen LogP contribution >= 0.6 is 0 Å². The molecule has 0 saturated carbocycles. The average molecular weight is 172 g/mol. The molecular weight excluding hydrogens is 155 g/mol. The van der Waals surface area contributed by atoms with Crippen molar-refractivity contribution in [2.24, 2.45) is 5.92 Å². The Morgan fingerprint density at radius 1 is 1.58 bits per heavy atom. The quantitative estimate of drug-likeness (QED) is 0.622. The van der Waals surface area contributed by atoms with Crippen molar-refractivity contribution >= 4 is 0 Å². The molecule has 1 rings (SSSR count). The molecule has 0 aliphatic heterocycles. The molecule has 1 aliphatic rings. The molecule has 1 aliphatic carbocycles. The third-order valence-corrected chi connectivity index (χ3v) is 2.10. The standard InChI is InChI=1S/C10H17FO/c1-7(2)12-9-4-5-10(11)8(3)6-9/h4,7-8,10H,5-6H2,1-3H3/t8-,10+/m0/s1. The molecule has 2 heteroatoms. The first-order valence-electron chi connectivity index (χ1n) is 4.59. The SMILES string of the molecule is CC(C)OC1=CC[C@@H](F)[C@@H](C)C1. The first kappa shape index (κ1) is 9.56. The van der Waals surface area contributed by atoms with Crippen molar-refractivity contribution in [3.63, 3.8) is 0 Å². The lowest BCUT2D eigenvalue weighted by Gasteiger charge is -2.24. The largest absolute Gasteiger partial charge is 0.496 e. The number of ether oxygens (including phenoxy) is 1. The maximum absolute atomic E-state index is 13.0. The van der Waals surface area contributed by atoms with Crippen molar-refractivity contribution < 1.29 is 9.13 Å². The van der Waals surface area contributed by atoms with Crippen LogP contribution in [0.4, 0.5) is 4.39 Å². The molecule has 0 aromatic rings. The molecule has 0 aromatic carbocycles. The fourth-order valence-electron chi connectivity index (χ4n) is 1.40. The molecule has 0 N–H and O–H groups in total. The normalized spacial score (nSPS) is 30.2. The summed E-state index contributed by atoms with van der Waals surface area (Å²) < 4.78 is 18.5. The lowest BCUT2D eigenvalue weighted by Crippen LogP contribution is -2.19. The maximum atomic E-state index is 13.0. The molecule has 0 spiro atoms. The van der Waals surface area contributed by atoms with Gasteiger partial charge < -0.3 is 4.74 Å². The number of halogens is 1. The van der Waals surface area contributed by atoms with Crippen LogP contribution in [0, 0.1) is 5.92 Å². The summed E-state index contributed by atoms with van der Waals surface area (Å²) in [6.07, 6.45) is 2.68. The van der Waals surface area contributed by atoms with Gasteiger partial charge in [0, 0.05) is 12.8 Å². The van der Waals surface area contributed by atoms with Crippen molar-refractivity contribution in [2.45, 2.75) is 45.9 Å². The highest BCUT2D eigenvalue weighted by atomic mass is 19.1. The molecule has 0 bridgehead atoms. The van der Waals surface area contributed by atoms with Crippen molar-refractivity contribution in [1.82, 2.24) is 0 Å². The molecule has 0 unspecified atom stereocenters. The fourth-order valence-corrected chi connectivity index (χ4v) is 1.40. The Balaban J connectivity index is 2.46. The van der Waals surface area contributed by atoms with Crippen LogP contribution < -0.4 is 0 Å². The number of hydrogen-bond acceptors (Lipinski definition) is 1. The summed E-state index contributed by atoms with van der Waals surface area (Å²) in [5, 5.41) is 0. The molecule has 0 radical (unpaired) electrons. The Kier molecular flexibility index (Phi) is 3.12. The van der Waals surface area contributed by atoms with Crippen molar-refractivity contribution in [3.05, 3.63) is 11.8 Å². The van der Waals surface area contributed by atoms with Gasteiger partial charge in [-0.05, 0) is 25.8 Å². The highest BCUT2D eigenvalue weighted by Gasteiger charge is 2.22. The lowest BCUT2D eigenvalue weighted by molar-refractivity contribution is 0.110. The van der Waals surface area contributed by atoms with Gasteiger partial charge in [0.05, 0.1) is 11.9 Å². The molecule has 70 valence electrons. The zero-order valence-electron chi connectivity index (χ0n) is 8.01. The number of hydrogen-bond donors (Lipinski definition) is 0. The third-order valence-electron chi connectivity index (χ3n) is 2.10. The minimum absolute atomic E-state index is 0.115. The van der Waals surface area contributed by atoms with E-state index in [0.717, 1.165) is 12.2 Å². The average Bonchev–Trinajstić information content (AvgIpc) is 1.96. The Bertz CT molecular complexity index is 175. The summed E-state index contributed by atoms with van der Waals surface area (Å²) in [5.41, 5.74) is 0. The molecule has 0 amide bonds. The van der Waals surface area contributed by atoms with E-state index in [1.165, 1.54) is 0 Å². The van der Waals surface area contributed by atoms with Gasteiger partial charge in [-0.25, -0.2) is 4.39 Å². The topological polar surface area (TPSA) is 9.23 Å². The van der Waals surface area contributed by atoms with Crippen LogP contribution in [-0.4, -0.2) is 12.3 Å². The van der Waals surface area contributed by atoms with E-state index < -0.39 is 6.17 Å². The fraction of sp³-hybridized carbons (Fsp3) is 0.800. The lowest BCUT2D eigenvalue weighted by atomic mass is 9.93. The van der Waals surface area contributed by atoms with E-state index in [9.17, 15) is 4.39 Å². The Labute approximate surface area is 73.6 Å². The minimum Gasteiger partial charge on any atom is -0.496 e. The smallest absolute Gasteiger partial charge is 0.107 e. The van der Waals surface area contributed by atoms with E-state index in [4.69, 9.17) is 4.74 Å². The monoisotopic (exact) mass is 172 g/mol. The van der Waals surface area contributed by atoms with Crippen LogP contribution in [0.25, 0.3) is 0 Å². The number of alkyl halides is 1. The van der Waals surface area contributed by atoms with Gasteiger partial charge in [0.25, 0.3) is 0 Å². The highest BCUT2D eigenvalue weighted by Crippen LogP contribution is 2.27. The Morgan fingerprint density at radius 3 is 2.75 bits per heavy atom. The molecule has 12 heavy (non-hydrogen) atoms. The van der Waals surface area contributed by atoms with E-state index in [1.54, 1.807) is 0 Å². The van der Waals surface area contributed by atoms with E-state index in [1.807, 2.05) is 26.8 Å². The van der Waals surface area contributed by atoms with Gasteiger partial charge in [-0.15, -0.1) is 0 Å². The summed E-state index contributed by atoms with van der Waals surface area (Å²) in [4.78, 5) is 0. The van der Waals surface area contributed by atoms with E-state index >= 15 is 0 Å². The van der Waals surface area contributed by atoms with Gasteiger partial charge in [-0.1, -0.05) is 6.92 Å². The predicted octanol–water partition coefficient (Wildman–Crippen LogP) is 3.06. The molecular formula is C10H17FO.